The molecular weight excluding hydrogens is 454 g/mol. The molecule has 1 N–H and O–H groups in total. The quantitative estimate of drug-likeness (QED) is 0.598. The first-order valence-electron chi connectivity index (χ1n) is 9.81. The molecule has 2 aromatic carbocycles. The Morgan fingerprint density at radius 3 is 2.62 bits per heavy atom. The van der Waals surface area contributed by atoms with Crippen LogP contribution >= 0.6 is 11.6 Å². The van der Waals surface area contributed by atoms with E-state index in [4.69, 9.17) is 16.3 Å². The third-order valence-corrected chi connectivity index (χ3v) is 6.81. The van der Waals surface area contributed by atoms with Gasteiger partial charge in [0.05, 0.1) is 12.0 Å². The summed E-state index contributed by atoms with van der Waals surface area (Å²) in [7, 11) is -3.07. The van der Waals surface area contributed by atoms with Crippen molar-refractivity contribution in [3.8, 4) is 16.9 Å². The topological polar surface area (TPSA) is 99.5 Å². The molecule has 1 amide bonds. The number of aromatic nitrogens is 2. The summed E-state index contributed by atoms with van der Waals surface area (Å²) in [5.74, 6) is 0.622. The first-order chi connectivity index (χ1) is 15.1. The second-order valence-electron chi connectivity index (χ2n) is 8.11. The molecule has 0 fully saturated rings. The van der Waals surface area contributed by atoms with Crippen molar-refractivity contribution in [1.82, 2.24) is 14.3 Å². The predicted octanol–water partition coefficient (Wildman–Crippen LogP) is 4.01. The Morgan fingerprint density at radius 1 is 1.28 bits per heavy atom. The van der Waals surface area contributed by atoms with E-state index < -0.39 is 21.7 Å². The van der Waals surface area contributed by atoms with Crippen molar-refractivity contribution in [2.24, 2.45) is 0 Å². The maximum atomic E-state index is 13.0. The lowest BCUT2D eigenvalue weighted by Crippen LogP contribution is -2.30. The molecule has 3 aromatic rings. The number of ether oxygens (including phenoxy) is 2. The lowest BCUT2D eigenvalue weighted by molar-refractivity contribution is 0.138. The number of carbonyl (C=O) groups is 1. The van der Waals surface area contributed by atoms with E-state index in [0.29, 0.717) is 35.1 Å². The number of rotatable bonds is 5. The van der Waals surface area contributed by atoms with Gasteiger partial charge in [-0.2, -0.15) is 0 Å². The van der Waals surface area contributed by atoms with Gasteiger partial charge in [-0.05, 0) is 54.3 Å². The number of halogens is 1. The average Bonchev–Trinajstić information content (AvgIpc) is 3.27. The summed E-state index contributed by atoms with van der Waals surface area (Å²) >= 11 is 6.04. The van der Waals surface area contributed by atoms with E-state index in [1.807, 2.05) is 42.8 Å². The SMILES string of the molecule is COC(=O)NS(=O)(=O)c1cc2c(cc1-c1ccc(Cn3ccnc3Cl)cc1)OC(C)(C)C2. The highest BCUT2D eigenvalue weighted by atomic mass is 35.5. The van der Waals surface area contributed by atoms with Crippen LogP contribution in [0.15, 0.2) is 53.7 Å². The lowest BCUT2D eigenvalue weighted by atomic mass is 9.98. The Labute approximate surface area is 191 Å². The summed E-state index contributed by atoms with van der Waals surface area (Å²) in [5, 5.41) is 0.384. The van der Waals surface area contributed by atoms with E-state index in [2.05, 4.69) is 9.72 Å². The number of nitrogens with zero attached hydrogens (tertiary/aromatic N) is 2. The molecule has 0 aliphatic carbocycles. The molecule has 0 spiro atoms. The largest absolute Gasteiger partial charge is 0.487 e. The third-order valence-electron chi connectivity index (χ3n) is 5.14. The highest BCUT2D eigenvalue weighted by molar-refractivity contribution is 7.90. The number of imidazole rings is 1. The van der Waals surface area contributed by atoms with Gasteiger partial charge in [-0.25, -0.2) is 22.9 Å². The van der Waals surface area contributed by atoms with E-state index in [1.165, 1.54) is 0 Å². The van der Waals surface area contributed by atoms with Crippen molar-refractivity contribution in [2.75, 3.05) is 7.11 Å². The zero-order valence-corrected chi connectivity index (χ0v) is 19.3. The first kappa shape index (κ1) is 22.2. The molecule has 0 atom stereocenters. The van der Waals surface area contributed by atoms with Crippen LogP contribution in [-0.2, 0) is 27.7 Å². The van der Waals surface area contributed by atoms with Crippen LogP contribution in [0.5, 0.6) is 5.75 Å². The molecule has 1 aliphatic heterocycles. The summed E-state index contributed by atoms with van der Waals surface area (Å²) in [6.07, 6.45) is 2.89. The summed E-state index contributed by atoms with van der Waals surface area (Å²) in [4.78, 5) is 15.6. The van der Waals surface area contributed by atoms with Gasteiger partial charge in [0, 0.05) is 30.9 Å². The number of sulfonamides is 1. The minimum atomic E-state index is -4.18. The Balaban J connectivity index is 1.75. The van der Waals surface area contributed by atoms with Crippen LogP contribution in [0.3, 0.4) is 0 Å². The van der Waals surface area contributed by atoms with Crippen molar-refractivity contribution in [1.29, 1.82) is 0 Å². The number of hydrogen-bond donors (Lipinski definition) is 1. The maximum Gasteiger partial charge on any atom is 0.420 e. The molecule has 168 valence electrons. The number of hydrogen-bond acceptors (Lipinski definition) is 6. The summed E-state index contributed by atoms with van der Waals surface area (Å²) < 4.78 is 40.2. The van der Waals surface area contributed by atoms with Crippen molar-refractivity contribution < 1.29 is 22.7 Å². The van der Waals surface area contributed by atoms with Crippen LogP contribution in [0.25, 0.3) is 11.1 Å². The fraction of sp³-hybridized carbons (Fsp3) is 0.273. The monoisotopic (exact) mass is 475 g/mol. The first-order valence-corrected chi connectivity index (χ1v) is 11.7. The maximum absolute atomic E-state index is 13.0. The molecule has 2 heterocycles. The standard InChI is InChI=1S/C22H22ClN3O5S/c1-22(2)12-16-10-19(32(28,29)25-21(27)30-3)17(11-18(16)31-22)15-6-4-14(5-7-15)13-26-9-8-24-20(26)23/h4-11H,12-13H2,1-3H3,(H,25,27). The summed E-state index contributed by atoms with van der Waals surface area (Å²) in [6, 6.07) is 10.7. The van der Waals surface area contributed by atoms with Gasteiger partial charge in [-0.1, -0.05) is 24.3 Å². The molecule has 4 rings (SSSR count). The van der Waals surface area contributed by atoms with Crippen LogP contribution in [0.4, 0.5) is 4.79 Å². The zero-order chi connectivity index (χ0) is 23.1. The summed E-state index contributed by atoms with van der Waals surface area (Å²) in [6.45, 7) is 4.39. The van der Waals surface area contributed by atoms with Crippen LogP contribution in [-0.4, -0.2) is 36.8 Å². The van der Waals surface area contributed by atoms with Crippen LogP contribution in [0.2, 0.25) is 5.28 Å². The molecule has 0 unspecified atom stereocenters. The number of benzene rings is 2. The molecule has 1 aromatic heterocycles. The van der Waals surface area contributed by atoms with E-state index >= 15 is 0 Å². The minimum absolute atomic E-state index is 0.0200. The Hall–Kier alpha value is -3.04. The minimum Gasteiger partial charge on any atom is -0.487 e. The van der Waals surface area contributed by atoms with Crippen molar-refractivity contribution >= 4 is 27.7 Å². The molecule has 10 heteroatoms. The Kier molecular flexibility index (Phi) is 5.64. The van der Waals surface area contributed by atoms with E-state index in [-0.39, 0.29) is 4.90 Å². The van der Waals surface area contributed by atoms with Gasteiger partial charge in [-0.3, -0.25) is 0 Å². The van der Waals surface area contributed by atoms with Crippen molar-refractivity contribution in [3.05, 3.63) is 65.2 Å². The molecule has 0 bridgehead atoms. The fourth-order valence-electron chi connectivity index (χ4n) is 3.70. The van der Waals surface area contributed by atoms with Gasteiger partial charge >= 0.3 is 6.09 Å². The van der Waals surface area contributed by atoms with Crippen LogP contribution < -0.4 is 9.46 Å². The Bertz CT molecular complexity index is 1280. The molecule has 0 saturated heterocycles. The van der Waals surface area contributed by atoms with E-state index in [9.17, 15) is 13.2 Å². The molecule has 0 radical (unpaired) electrons. The normalized spacial score (nSPS) is 14.5. The highest BCUT2D eigenvalue weighted by Gasteiger charge is 2.33. The smallest absolute Gasteiger partial charge is 0.420 e. The van der Waals surface area contributed by atoms with Gasteiger partial charge in [-0.15, -0.1) is 0 Å². The number of methoxy groups -OCH3 is 1. The van der Waals surface area contributed by atoms with Crippen LogP contribution in [0, 0.1) is 0 Å². The van der Waals surface area contributed by atoms with E-state index in [1.54, 1.807) is 29.1 Å². The highest BCUT2D eigenvalue weighted by Crippen LogP contribution is 2.41. The lowest BCUT2D eigenvalue weighted by Gasteiger charge is -2.17. The van der Waals surface area contributed by atoms with Gasteiger partial charge < -0.3 is 14.0 Å². The zero-order valence-electron chi connectivity index (χ0n) is 17.8. The Morgan fingerprint density at radius 2 is 2.00 bits per heavy atom. The van der Waals surface area contributed by atoms with Gasteiger partial charge in [0.25, 0.3) is 10.0 Å². The number of carbonyl (C=O) groups excluding carboxylic acids is 1. The molecule has 1 aliphatic rings. The second kappa shape index (κ2) is 8.14. The third kappa shape index (κ3) is 4.44. The number of amides is 1. The van der Waals surface area contributed by atoms with Crippen LogP contribution in [0.1, 0.15) is 25.0 Å². The fourth-order valence-corrected chi connectivity index (χ4v) is 5.05. The second-order valence-corrected chi connectivity index (χ2v) is 10.1. The average molecular weight is 476 g/mol. The molecule has 32 heavy (non-hydrogen) atoms. The number of fused-ring (bicyclic) bond motifs is 1. The van der Waals surface area contributed by atoms with Gasteiger partial charge in [0.1, 0.15) is 11.4 Å². The predicted molar refractivity (Wildman–Crippen MR) is 119 cm³/mol. The molecule has 8 nitrogen and oxygen atoms in total. The molecular formula is C22H22ClN3O5S. The summed E-state index contributed by atoms with van der Waals surface area (Å²) in [5.41, 5.74) is 2.35. The van der Waals surface area contributed by atoms with Crippen molar-refractivity contribution in [2.45, 2.75) is 37.3 Å². The van der Waals surface area contributed by atoms with E-state index in [0.717, 1.165) is 18.2 Å². The van der Waals surface area contributed by atoms with Gasteiger partial charge in [0.15, 0.2) is 0 Å². The van der Waals surface area contributed by atoms with Crippen molar-refractivity contribution in [3.63, 3.8) is 0 Å². The molecule has 0 saturated carbocycles. The van der Waals surface area contributed by atoms with Gasteiger partial charge in [0.2, 0.25) is 5.28 Å². The number of nitrogens with one attached hydrogen (secondary N) is 1.